The number of aromatic amines is 1. The lowest BCUT2D eigenvalue weighted by atomic mass is 9.77. The van der Waals surface area contributed by atoms with Crippen LogP contribution in [0.25, 0.3) is 17.0 Å². The van der Waals surface area contributed by atoms with E-state index in [0.717, 1.165) is 27.6 Å². The SMILES string of the molecule is CC1(C)OB(C(=Cc2[nH]nc3ccccc23)CNC(=O)OCc2ccccc2)OC1(C)C. The zero-order chi connectivity index (χ0) is 22.8. The van der Waals surface area contributed by atoms with E-state index in [1.807, 2.05) is 88.4 Å². The number of nitrogens with zero attached hydrogens (tertiary/aromatic N) is 1. The third-order valence-corrected chi connectivity index (χ3v) is 6.03. The molecule has 166 valence electrons. The Labute approximate surface area is 188 Å². The standard InChI is InChI=1S/C24H28BN3O4/c1-23(2)24(3,4)32-25(31-23)18(14-21-19-12-8-9-13-20(19)27-28-21)15-26-22(29)30-16-17-10-6-5-7-11-17/h5-14H,15-16H2,1-4H3,(H,26,29)(H,27,28). The van der Waals surface area contributed by atoms with E-state index in [2.05, 4.69) is 15.5 Å². The maximum atomic E-state index is 12.3. The zero-order valence-electron chi connectivity index (χ0n) is 18.8. The fourth-order valence-corrected chi connectivity index (χ4v) is 3.42. The highest BCUT2D eigenvalue weighted by molar-refractivity contribution is 6.56. The largest absolute Gasteiger partial charge is 0.492 e. The number of para-hydroxylation sites is 1. The van der Waals surface area contributed by atoms with E-state index in [4.69, 9.17) is 14.0 Å². The van der Waals surface area contributed by atoms with Gasteiger partial charge in [0.1, 0.15) is 6.61 Å². The summed E-state index contributed by atoms with van der Waals surface area (Å²) >= 11 is 0. The summed E-state index contributed by atoms with van der Waals surface area (Å²) in [6.45, 7) is 8.40. The quantitative estimate of drug-likeness (QED) is 0.559. The number of hydrogen-bond acceptors (Lipinski definition) is 5. The number of ether oxygens (including phenoxy) is 1. The van der Waals surface area contributed by atoms with Crippen LogP contribution in [0.2, 0.25) is 0 Å². The van der Waals surface area contributed by atoms with Crippen molar-refractivity contribution in [2.45, 2.75) is 45.5 Å². The summed E-state index contributed by atoms with van der Waals surface area (Å²) in [5, 5.41) is 11.2. The molecule has 0 saturated carbocycles. The number of benzene rings is 2. The van der Waals surface area contributed by atoms with Crippen LogP contribution in [0.15, 0.2) is 60.1 Å². The molecule has 4 rings (SSSR count). The molecule has 0 aliphatic carbocycles. The molecule has 0 atom stereocenters. The van der Waals surface area contributed by atoms with Gasteiger partial charge in [0.15, 0.2) is 0 Å². The smallest absolute Gasteiger partial charge is 0.445 e. The van der Waals surface area contributed by atoms with Crippen molar-refractivity contribution in [3.63, 3.8) is 0 Å². The lowest BCUT2D eigenvalue weighted by Gasteiger charge is -2.32. The summed E-state index contributed by atoms with van der Waals surface area (Å²) < 4.78 is 17.8. The van der Waals surface area contributed by atoms with Gasteiger partial charge in [-0.15, -0.1) is 0 Å². The summed E-state index contributed by atoms with van der Waals surface area (Å²) in [7, 11) is -0.614. The molecular formula is C24H28BN3O4. The number of fused-ring (bicyclic) bond motifs is 1. The first kappa shape index (κ1) is 22.1. The lowest BCUT2D eigenvalue weighted by molar-refractivity contribution is 0.00578. The number of aromatic nitrogens is 2. The van der Waals surface area contributed by atoms with Crippen molar-refractivity contribution >= 4 is 30.2 Å². The number of amides is 1. The molecule has 2 N–H and O–H groups in total. The van der Waals surface area contributed by atoms with Crippen molar-refractivity contribution in [3.8, 4) is 0 Å². The predicted octanol–water partition coefficient (Wildman–Crippen LogP) is 4.50. The van der Waals surface area contributed by atoms with E-state index < -0.39 is 24.4 Å². The minimum absolute atomic E-state index is 0.202. The van der Waals surface area contributed by atoms with E-state index in [1.54, 1.807) is 0 Å². The molecular weight excluding hydrogens is 405 g/mol. The third-order valence-electron chi connectivity index (χ3n) is 6.03. The van der Waals surface area contributed by atoms with Gasteiger partial charge in [-0.25, -0.2) is 4.79 Å². The molecule has 0 bridgehead atoms. The lowest BCUT2D eigenvalue weighted by Crippen LogP contribution is -2.41. The van der Waals surface area contributed by atoms with Gasteiger partial charge in [-0.05, 0) is 50.9 Å². The molecule has 8 heteroatoms. The van der Waals surface area contributed by atoms with Gasteiger partial charge in [0, 0.05) is 11.9 Å². The van der Waals surface area contributed by atoms with Crippen LogP contribution in [0.1, 0.15) is 39.0 Å². The van der Waals surface area contributed by atoms with Crippen molar-refractivity contribution in [2.24, 2.45) is 0 Å². The Balaban J connectivity index is 1.52. The number of alkyl carbamates (subject to hydrolysis) is 1. The first-order valence-electron chi connectivity index (χ1n) is 10.7. The van der Waals surface area contributed by atoms with E-state index in [0.29, 0.717) is 0 Å². The number of nitrogens with one attached hydrogen (secondary N) is 2. The van der Waals surface area contributed by atoms with Crippen molar-refractivity contribution < 1.29 is 18.8 Å². The molecule has 0 unspecified atom stereocenters. The Morgan fingerprint density at radius 3 is 2.44 bits per heavy atom. The summed E-state index contributed by atoms with van der Waals surface area (Å²) in [5.74, 6) is 0. The van der Waals surface area contributed by atoms with Crippen LogP contribution in [0, 0.1) is 0 Å². The van der Waals surface area contributed by atoms with Crippen LogP contribution in [-0.4, -0.2) is 41.2 Å². The minimum Gasteiger partial charge on any atom is -0.445 e. The molecule has 1 amide bonds. The molecule has 1 aliphatic heterocycles. The van der Waals surface area contributed by atoms with E-state index >= 15 is 0 Å². The number of carbonyl (C=O) groups excluding carboxylic acids is 1. The van der Waals surface area contributed by atoms with Gasteiger partial charge in [-0.3, -0.25) is 5.10 Å². The van der Waals surface area contributed by atoms with Crippen LogP contribution in [-0.2, 0) is 20.7 Å². The summed E-state index contributed by atoms with van der Waals surface area (Å²) in [6.07, 6.45) is 1.42. The average Bonchev–Trinajstić information content (AvgIpc) is 3.27. The Morgan fingerprint density at radius 1 is 1.06 bits per heavy atom. The third kappa shape index (κ3) is 4.71. The van der Waals surface area contributed by atoms with Gasteiger partial charge >= 0.3 is 13.2 Å². The van der Waals surface area contributed by atoms with Gasteiger partial charge in [0.05, 0.1) is 22.4 Å². The number of rotatable bonds is 6. The van der Waals surface area contributed by atoms with Gasteiger partial charge in [-0.1, -0.05) is 48.5 Å². The predicted molar refractivity (Wildman–Crippen MR) is 125 cm³/mol. The molecule has 1 saturated heterocycles. The minimum atomic E-state index is -0.614. The molecule has 0 radical (unpaired) electrons. The molecule has 32 heavy (non-hydrogen) atoms. The molecule has 2 heterocycles. The van der Waals surface area contributed by atoms with Crippen molar-refractivity contribution in [1.29, 1.82) is 0 Å². The van der Waals surface area contributed by atoms with Crippen LogP contribution < -0.4 is 5.32 Å². The Hall–Kier alpha value is -3.10. The summed E-state index contributed by atoms with van der Waals surface area (Å²) in [4.78, 5) is 12.3. The van der Waals surface area contributed by atoms with Crippen molar-refractivity contribution in [3.05, 3.63) is 71.3 Å². The van der Waals surface area contributed by atoms with E-state index in [1.165, 1.54) is 0 Å². The Bertz CT molecular complexity index is 1110. The fourth-order valence-electron chi connectivity index (χ4n) is 3.42. The highest BCUT2D eigenvalue weighted by Crippen LogP contribution is 2.38. The first-order valence-corrected chi connectivity index (χ1v) is 10.7. The zero-order valence-corrected chi connectivity index (χ0v) is 18.8. The Kier molecular flexibility index (Phi) is 6.08. The maximum Gasteiger partial charge on any atom is 0.492 e. The number of hydrogen-bond donors (Lipinski definition) is 2. The van der Waals surface area contributed by atoms with Crippen LogP contribution in [0.5, 0.6) is 0 Å². The Morgan fingerprint density at radius 2 is 1.72 bits per heavy atom. The normalized spacial score (nSPS) is 17.5. The van der Waals surface area contributed by atoms with Crippen LogP contribution in [0.4, 0.5) is 4.79 Å². The van der Waals surface area contributed by atoms with Crippen molar-refractivity contribution in [2.75, 3.05) is 6.54 Å². The second-order valence-corrected chi connectivity index (χ2v) is 8.88. The van der Waals surface area contributed by atoms with Gasteiger partial charge < -0.3 is 19.4 Å². The average molecular weight is 433 g/mol. The van der Waals surface area contributed by atoms with Gasteiger partial charge in [0.25, 0.3) is 0 Å². The van der Waals surface area contributed by atoms with E-state index in [9.17, 15) is 4.79 Å². The summed E-state index contributed by atoms with van der Waals surface area (Å²) in [6, 6.07) is 17.4. The highest BCUT2D eigenvalue weighted by atomic mass is 16.7. The van der Waals surface area contributed by atoms with Gasteiger partial charge in [-0.2, -0.15) is 5.10 Å². The molecule has 1 aromatic heterocycles. The number of H-pyrrole nitrogens is 1. The topological polar surface area (TPSA) is 85.5 Å². The fraction of sp³-hybridized carbons (Fsp3) is 0.333. The monoisotopic (exact) mass is 433 g/mol. The highest BCUT2D eigenvalue weighted by Gasteiger charge is 2.52. The molecule has 7 nitrogen and oxygen atoms in total. The van der Waals surface area contributed by atoms with Crippen LogP contribution >= 0.6 is 0 Å². The second-order valence-electron chi connectivity index (χ2n) is 8.88. The maximum absolute atomic E-state index is 12.3. The van der Waals surface area contributed by atoms with Crippen molar-refractivity contribution in [1.82, 2.24) is 15.5 Å². The molecule has 1 aliphatic rings. The van der Waals surface area contributed by atoms with E-state index in [-0.39, 0.29) is 13.2 Å². The van der Waals surface area contributed by atoms with Crippen LogP contribution in [0.3, 0.4) is 0 Å². The number of carbonyl (C=O) groups is 1. The molecule has 2 aromatic carbocycles. The summed E-state index contributed by atoms with van der Waals surface area (Å²) in [5.41, 5.74) is 2.37. The molecule has 3 aromatic rings. The first-order chi connectivity index (χ1) is 15.2. The molecule has 1 fully saturated rings. The second kappa shape index (κ2) is 8.80. The van der Waals surface area contributed by atoms with Gasteiger partial charge in [0.2, 0.25) is 0 Å². The molecule has 0 spiro atoms.